The van der Waals surface area contributed by atoms with Crippen molar-refractivity contribution in [1.82, 2.24) is 4.57 Å². The molecule has 0 unspecified atom stereocenters. The second kappa shape index (κ2) is 7.40. The van der Waals surface area contributed by atoms with Crippen LogP contribution in [0.25, 0.3) is 10.9 Å². The van der Waals surface area contributed by atoms with Crippen LogP contribution in [0.4, 0.5) is 10.5 Å². The lowest BCUT2D eigenvalue weighted by atomic mass is 10.1. The number of Topliss-reactive ketones (excluding diaryl/α,β-unsaturated/α-hetero) is 1. The third-order valence-corrected chi connectivity index (χ3v) is 5.96. The first-order valence-corrected chi connectivity index (χ1v) is 10.9. The summed E-state index contributed by atoms with van der Waals surface area (Å²) >= 11 is 1.60. The number of benzene rings is 1. The highest BCUT2D eigenvalue weighted by molar-refractivity contribution is 7.10. The molecule has 7 heteroatoms. The van der Waals surface area contributed by atoms with E-state index >= 15 is 0 Å². The Balaban J connectivity index is 1.77. The molecule has 3 aromatic rings. The summed E-state index contributed by atoms with van der Waals surface area (Å²) in [7, 11) is 1.98. The third kappa shape index (κ3) is 3.65. The number of nitrogens with zero attached hydrogens (tertiary/aromatic N) is 3. The minimum Gasteiger partial charge on any atom is -0.442 e. The Hall–Kier alpha value is -2.93. The average molecular weight is 424 g/mol. The molecule has 1 aromatic carbocycles. The number of hydrazone groups is 1. The van der Waals surface area contributed by atoms with E-state index in [1.807, 2.05) is 70.5 Å². The number of rotatable bonds is 3. The van der Waals surface area contributed by atoms with Gasteiger partial charge in [0.05, 0.1) is 17.1 Å². The van der Waals surface area contributed by atoms with Crippen molar-refractivity contribution in [3.63, 3.8) is 0 Å². The number of aromatic nitrogens is 1. The maximum Gasteiger partial charge on any atom is 0.435 e. The number of fused-ring (bicyclic) bond motifs is 2. The molecule has 3 heterocycles. The van der Waals surface area contributed by atoms with Crippen molar-refractivity contribution >= 4 is 45.5 Å². The maximum atomic E-state index is 12.8. The number of amides is 1. The van der Waals surface area contributed by atoms with Crippen LogP contribution in [0.1, 0.15) is 55.0 Å². The summed E-state index contributed by atoms with van der Waals surface area (Å²) in [6.07, 6.45) is 0.620. The van der Waals surface area contributed by atoms with E-state index in [0.29, 0.717) is 18.4 Å². The predicted molar refractivity (Wildman–Crippen MR) is 121 cm³/mol. The van der Waals surface area contributed by atoms with E-state index in [1.54, 1.807) is 11.3 Å². The Morgan fingerprint density at radius 2 is 1.97 bits per heavy atom. The fourth-order valence-corrected chi connectivity index (χ4v) is 4.46. The van der Waals surface area contributed by atoms with Crippen LogP contribution in [0.3, 0.4) is 0 Å². The fraction of sp³-hybridized carbons (Fsp3) is 0.348. The second-order valence-corrected chi connectivity index (χ2v) is 9.38. The van der Waals surface area contributed by atoms with Crippen LogP contribution in [0.2, 0.25) is 0 Å². The van der Waals surface area contributed by atoms with Gasteiger partial charge in [0, 0.05) is 41.2 Å². The van der Waals surface area contributed by atoms with Crippen LogP contribution >= 0.6 is 11.3 Å². The van der Waals surface area contributed by atoms with Gasteiger partial charge in [0.2, 0.25) is 0 Å². The molecule has 0 atom stereocenters. The largest absolute Gasteiger partial charge is 0.442 e. The molecular formula is C23H25N3O3S. The number of carbonyl (C=O) groups excluding carboxylic acids is 2. The molecular weight excluding hydrogens is 398 g/mol. The number of ether oxygens (including phenoxy) is 1. The molecule has 1 amide bonds. The van der Waals surface area contributed by atoms with Gasteiger partial charge in [0.25, 0.3) is 0 Å². The summed E-state index contributed by atoms with van der Waals surface area (Å²) in [6.45, 7) is 7.39. The van der Waals surface area contributed by atoms with E-state index in [4.69, 9.17) is 4.74 Å². The Morgan fingerprint density at radius 1 is 1.20 bits per heavy atom. The lowest BCUT2D eigenvalue weighted by Crippen LogP contribution is -2.36. The third-order valence-electron chi connectivity index (χ3n) is 5.05. The molecule has 0 spiro atoms. The smallest absolute Gasteiger partial charge is 0.435 e. The van der Waals surface area contributed by atoms with Crippen LogP contribution in [-0.2, 0) is 18.2 Å². The Bertz CT molecular complexity index is 1180. The van der Waals surface area contributed by atoms with Gasteiger partial charge in [-0.1, -0.05) is 6.92 Å². The van der Waals surface area contributed by atoms with Gasteiger partial charge in [-0.05, 0) is 56.5 Å². The lowest BCUT2D eigenvalue weighted by molar-refractivity contribution is 0.0580. The van der Waals surface area contributed by atoms with Crippen molar-refractivity contribution in [3.05, 3.63) is 51.8 Å². The predicted octanol–water partition coefficient (Wildman–Crippen LogP) is 5.53. The van der Waals surface area contributed by atoms with Crippen LogP contribution in [0.15, 0.2) is 40.8 Å². The molecule has 0 fully saturated rings. The molecule has 2 aromatic heterocycles. The summed E-state index contributed by atoms with van der Waals surface area (Å²) in [5, 5.41) is 8.98. The van der Waals surface area contributed by atoms with Crippen molar-refractivity contribution in [1.29, 1.82) is 0 Å². The molecule has 0 bridgehead atoms. The van der Waals surface area contributed by atoms with Crippen molar-refractivity contribution < 1.29 is 14.3 Å². The molecule has 0 saturated carbocycles. The number of carbonyl (C=O) groups is 2. The molecule has 4 rings (SSSR count). The lowest BCUT2D eigenvalue weighted by Gasteiger charge is -2.27. The Morgan fingerprint density at radius 3 is 2.67 bits per heavy atom. The zero-order chi connectivity index (χ0) is 21.6. The summed E-state index contributed by atoms with van der Waals surface area (Å²) < 4.78 is 7.63. The summed E-state index contributed by atoms with van der Waals surface area (Å²) in [4.78, 5) is 26.0. The van der Waals surface area contributed by atoms with Gasteiger partial charge in [-0.25, -0.2) is 4.79 Å². The number of thiophene rings is 1. The highest BCUT2D eigenvalue weighted by Gasteiger charge is 2.30. The zero-order valence-corrected chi connectivity index (χ0v) is 18.7. The van der Waals surface area contributed by atoms with E-state index in [9.17, 15) is 9.59 Å². The van der Waals surface area contributed by atoms with Crippen molar-refractivity contribution in [2.75, 3.05) is 5.01 Å². The van der Waals surface area contributed by atoms with Crippen LogP contribution in [0.5, 0.6) is 0 Å². The minimum absolute atomic E-state index is 0.122. The number of anilines is 1. The van der Waals surface area contributed by atoms with Crippen LogP contribution in [0, 0.1) is 0 Å². The van der Waals surface area contributed by atoms with E-state index in [2.05, 4.69) is 9.67 Å². The van der Waals surface area contributed by atoms with Crippen molar-refractivity contribution in [3.8, 4) is 0 Å². The Kier molecular flexibility index (Phi) is 5.02. The van der Waals surface area contributed by atoms with Crippen molar-refractivity contribution in [2.45, 2.75) is 46.1 Å². The summed E-state index contributed by atoms with van der Waals surface area (Å²) in [5.74, 6) is 0.122. The number of hydrogen-bond acceptors (Lipinski definition) is 5. The molecule has 6 nitrogen and oxygen atoms in total. The molecule has 0 saturated heterocycles. The molecule has 1 aliphatic rings. The Labute approximate surface area is 179 Å². The van der Waals surface area contributed by atoms with Gasteiger partial charge in [-0.3, -0.25) is 4.79 Å². The topological polar surface area (TPSA) is 63.9 Å². The summed E-state index contributed by atoms with van der Waals surface area (Å²) in [6, 6.07) is 9.69. The van der Waals surface area contributed by atoms with Gasteiger partial charge in [0.15, 0.2) is 5.78 Å². The molecule has 30 heavy (non-hydrogen) atoms. The highest BCUT2D eigenvalue weighted by Crippen LogP contribution is 2.34. The molecule has 0 aliphatic carbocycles. The van der Waals surface area contributed by atoms with E-state index < -0.39 is 11.7 Å². The first-order chi connectivity index (χ1) is 14.2. The average Bonchev–Trinajstić information content (AvgIpc) is 3.29. The van der Waals surface area contributed by atoms with Gasteiger partial charge < -0.3 is 9.30 Å². The number of hydrogen-bond donors (Lipinski definition) is 0. The van der Waals surface area contributed by atoms with Gasteiger partial charge in [-0.15, -0.1) is 11.3 Å². The van der Waals surface area contributed by atoms with Crippen molar-refractivity contribution in [2.24, 2.45) is 12.1 Å². The minimum atomic E-state index is -0.609. The fourth-order valence-electron chi connectivity index (χ4n) is 3.61. The second-order valence-electron chi connectivity index (χ2n) is 8.38. The maximum absolute atomic E-state index is 12.8. The highest BCUT2D eigenvalue weighted by atomic mass is 32.1. The first kappa shape index (κ1) is 20.3. The number of aryl methyl sites for hydroxylation is 1. The SMILES string of the molecule is CCC(=O)c1ccc2c(c1)cc(C1=NN(C(=O)OC(C)(C)C)c3ccsc3C1)n2C. The number of ketones is 1. The molecule has 156 valence electrons. The molecule has 0 radical (unpaired) electrons. The van der Waals surface area contributed by atoms with Gasteiger partial charge in [-0.2, -0.15) is 10.1 Å². The monoisotopic (exact) mass is 423 g/mol. The van der Waals surface area contributed by atoms with Crippen LogP contribution in [-0.4, -0.2) is 27.8 Å². The van der Waals surface area contributed by atoms with E-state index in [1.165, 1.54) is 5.01 Å². The summed E-state index contributed by atoms with van der Waals surface area (Å²) in [5.41, 5.74) is 3.59. The zero-order valence-electron chi connectivity index (χ0n) is 17.9. The van der Waals surface area contributed by atoms with Crippen LogP contribution < -0.4 is 5.01 Å². The van der Waals surface area contributed by atoms with Gasteiger partial charge >= 0.3 is 6.09 Å². The quantitative estimate of drug-likeness (QED) is 0.520. The first-order valence-electron chi connectivity index (χ1n) is 9.98. The van der Waals surface area contributed by atoms with E-state index in [-0.39, 0.29) is 5.78 Å². The standard InChI is InChI=1S/C23H25N3O3S/c1-6-20(27)14-7-8-17-15(11-14)12-19(25(17)5)16-13-21-18(9-10-30-21)26(24-16)22(28)29-23(2,3)4/h7-12H,6,13H2,1-5H3. The molecule has 1 aliphatic heterocycles. The van der Waals surface area contributed by atoms with E-state index in [0.717, 1.165) is 32.9 Å². The normalized spacial score (nSPS) is 13.9. The molecule has 0 N–H and O–H groups in total. The van der Waals surface area contributed by atoms with Gasteiger partial charge in [0.1, 0.15) is 5.60 Å².